The molecule has 0 radical (unpaired) electrons. The highest BCUT2D eigenvalue weighted by molar-refractivity contribution is 6.31. The lowest BCUT2D eigenvalue weighted by Gasteiger charge is -2.37. The molecule has 0 unspecified atom stereocenters. The average molecular weight is 837 g/mol. The number of imidazole rings is 2. The molecule has 3 amide bonds. The number of hydrogen-bond acceptors (Lipinski definition) is 6. The molecule has 312 valence electrons. The molecule has 0 bridgehead atoms. The van der Waals surface area contributed by atoms with Gasteiger partial charge in [0, 0.05) is 23.7 Å². The van der Waals surface area contributed by atoms with Gasteiger partial charge in [0.25, 0.3) is 5.91 Å². The van der Waals surface area contributed by atoms with Crippen LogP contribution >= 0.6 is 11.6 Å². The van der Waals surface area contributed by atoms with Crippen LogP contribution < -0.4 is 5.32 Å². The number of carboxylic acid groups (broad SMARTS) is 1. The van der Waals surface area contributed by atoms with E-state index in [-0.39, 0.29) is 29.9 Å². The van der Waals surface area contributed by atoms with E-state index in [1.165, 1.54) is 6.42 Å². The first-order valence-corrected chi connectivity index (χ1v) is 21.6. The van der Waals surface area contributed by atoms with Gasteiger partial charge in [0.05, 0.1) is 35.9 Å². The minimum atomic E-state index is -1.30. The second-order valence-electron chi connectivity index (χ2n) is 16.2. The number of carbonyl (C=O) groups excluding carboxylic acids is 2. The number of H-pyrrole nitrogens is 2. The van der Waals surface area contributed by atoms with Crippen LogP contribution in [0.3, 0.4) is 0 Å². The molecule has 2 aromatic heterocycles. The van der Waals surface area contributed by atoms with E-state index in [9.17, 15) is 19.5 Å². The highest BCUT2D eigenvalue weighted by atomic mass is 35.5. The summed E-state index contributed by atoms with van der Waals surface area (Å²) in [7, 11) is 0. The van der Waals surface area contributed by atoms with Gasteiger partial charge in [0.15, 0.2) is 0 Å². The number of benzene rings is 4. The summed E-state index contributed by atoms with van der Waals surface area (Å²) in [6, 6.07) is 31.8. The number of aromatic amines is 2. The van der Waals surface area contributed by atoms with Crippen LogP contribution in [-0.2, 0) is 9.59 Å². The molecular formula is C48H49ClN8O4. The second-order valence-corrected chi connectivity index (χ2v) is 16.6. The zero-order chi connectivity index (χ0) is 41.9. The molecule has 3 aliphatic rings. The molecule has 6 aromatic rings. The van der Waals surface area contributed by atoms with Gasteiger partial charge < -0.3 is 30.2 Å². The maximum Gasteiger partial charge on any atom is 0.405 e. The number of likely N-dealkylation sites (tertiary alicyclic amines) is 3. The van der Waals surface area contributed by atoms with Crippen LogP contribution in [0, 0.1) is 0 Å². The summed E-state index contributed by atoms with van der Waals surface area (Å²) < 4.78 is 0. The van der Waals surface area contributed by atoms with Crippen LogP contribution in [0.25, 0.3) is 33.6 Å². The Hall–Kier alpha value is -6.24. The molecule has 13 heteroatoms. The molecule has 3 aliphatic heterocycles. The Kier molecular flexibility index (Phi) is 11.7. The smallest absolute Gasteiger partial charge is 0.405 e. The van der Waals surface area contributed by atoms with Crippen molar-refractivity contribution in [3.05, 3.63) is 143 Å². The number of piperidine rings is 1. The van der Waals surface area contributed by atoms with Crippen molar-refractivity contribution in [2.24, 2.45) is 0 Å². The van der Waals surface area contributed by atoms with E-state index in [1.54, 1.807) is 35.4 Å². The van der Waals surface area contributed by atoms with Gasteiger partial charge in [-0.15, -0.1) is 0 Å². The van der Waals surface area contributed by atoms with Crippen molar-refractivity contribution in [2.45, 2.75) is 69.1 Å². The number of amides is 3. The normalized spacial score (nSPS) is 19.2. The highest BCUT2D eigenvalue weighted by Crippen LogP contribution is 2.38. The van der Waals surface area contributed by atoms with Crippen LogP contribution in [0.1, 0.15) is 91.9 Å². The summed E-state index contributed by atoms with van der Waals surface area (Å²) >= 11 is 6.40. The van der Waals surface area contributed by atoms with Crippen molar-refractivity contribution < 1.29 is 19.5 Å². The molecule has 0 aliphatic carbocycles. The molecule has 0 spiro atoms. The van der Waals surface area contributed by atoms with E-state index in [2.05, 4.69) is 78.6 Å². The van der Waals surface area contributed by atoms with Crippen LogP contribution in [0.2, 0.25) is 5.02 Å². The first kappa shape index (κ1) is 40.2. The number of rotatable bonds is 11. The number of nitrogens with one attached hydrogen (secondary N) is 3. The summed E-state index contributed by atoms with van der Waals surface area (Å²) in [4.78, 5) is 62.5. The van der Waals surface area contributed by atoms with Crippen LogP contribution in [-0.4, -0.2) is 83.8 Å². The molecular weight excluding hydrogens is 788 g/mol. The van der Waals surface area contributed by atoms with E-state index in [1.807, 2.05) is 36.5 Å². The van der Waals surface area contributed by atoms with Gasteiger partial charge in [-0.25, -0.2) is 14.8 Å². The third-order valence-electron chi connectivity index (χ3n) is 12.5. The Morgan fingerprint density at radius 1 is 0.623 bits per heavy atom. The van der Waals surface area contributed by atoms with Crippen LogP contribution in [0.4, 0.5) is 4.79 Å². The van der Waals surface area contributed by atoms with Crippen molar-refractivity contribution in [3.63, 3.8) is 0 Å². The van der Waals surface area contributed by atoms with Gasteiger partial charge in [-0.3, -0.25) is 14.5 Å². The third kappa shape index (κ3) is 8.42. The van der Waals surface area contributed by atoms with Gasteiger partial charge in [0.2, 0.25) is 5.91 Å². The number of aromatic nitrogens is 4. The van der Waals surface area contributed by atoms with Crippen LogP contribution in [0.5, 0.6) is 0 Å². The first-order chi connectivity index (χ1) is 29.8. The summed E-state index contributed by atoms with van der Waals surface area (Å²) in [5.41, 5.74) is 7.31. The minimum Gasteiger partial charge on any atom is -0.465 e. The SMILES string of the molecule is O=C(O)N[C@@H](C(=O)N1CCC[C@H]1c1ncc(-c2ccc(-c3ccc(-c4cnc([C@@H]5CCCN5C(=O)[C@@H](c5ccccc5)N5CCCCC5)[nH]4)cc3)cc2)[nH]1)c1ccccc1Cl. The molecule has 61 heavy (non-hydrogen) atoms. The lowest BCUT2D eigenvalue weighted by molar-refractivity contribution is -0.139. The predicted molar refractivity (Wildman–Crippen MR) is 234 cm³/mol. The molecule has 9 rings (SSSR count). The van der Waals surface area contributed by atoms with Crippen molar-refractivity contribution in [3.8, 4) is 33.6 Å². The Morgan fingerprint density at radius 2 is 1.13 bits per heavy atom. The molecule has 3 fully saturated rings. The molecule has 0 saturated carbocycles. The first-order valence-electron chi connectivity index (χ1n) is 21.3. The Balaban J connectivity index is 0.863. The summed E-state index contributed by atoms with van der Waals surface area (Å²) in [6.45, 7) is 3.08. The van der Waals surface area contributed by atoms with E-state index >= 15 is 0 Å². The largest absolute Gasteiger partial charge is 0.465 e. The maximum atomic E-state index is 14.4. The summed E-state index contributed by atoms with van der Waals surface area (Å²) in [5.74, 6) is 1.28. The van der Waals surface area contributed by atoms with Crippen molar-refractivity contribution in [2.75, 3.05) is 26.2 Å². The molecule has 4 aromatic carbocycles. The fraction of sp³-hybridized carbons (Fsp3) is 0.312. The topological polar surface area (TPSA) is 151 Å². The predicted octanol–water partition coefficient (Wildman–Crippen LogP) is 9.35. The van der Waals surface area contributed by atoms with E-state index < -0.39 is 12.1 Å². The van der Waals surface area contributed by atoms with Gasteiger partial charge in [-0.1, -0.05) is 115 Å². The van der Waals surface area contributed by atoms with E-state index in [4.69, 9.17) is 16.6 Å². The second kappa shape index (κ2) is 17.8. The molecule has 12 nitrogen and oxygen atoms in total. The monoisotopic (exact) mass is 836 g/mol. The molecule has 3 saturated heterocycles. The van der Waals surface area contributed by atoms with Gasteiger partial charge in [-0.05, 0) is 85.5 Å². The van der Waals surface area contributed by atoms with Gasteiger partial charge in [-0.2, -0.15) is 0 Å². The fourth-order valence-corrected chi connectivity index (χ4v) is 9.61. The summed E-state index contributed by atoms with van der Waals surface area (Å²) in [6.07, 6.45) is 9.09. The fourth-order valence-electron chi connectivity index (χ4n) is 9.37. The number of halogens is 1. The third-order valence-corrected chi connectivity index (χ3v) is 12.8. The lowest BCUT2D eigenvalue weighted by atomic mass is 10.00. The number of carbonyl (C=O) groups is 3. The number of nitrogens with zero attached hydrogens (tertiary/aromatic N) is 5. The average Bonchev–Trinajstić information content (AvgIpc) is 4.14. The van der Waals surface area contributed by atoms with E-state index in [0.717, 1.165) is 96.8 Å². The van der Waals surface area contributed by atoms with Crippen molar-refractivity contribution >= 4 is 29.5 Å². The van der Waals surface area contributed by atoms with Gasteiger partial charge >= 0.3 is 6.09 Å². The van der Waals surface area contributed by atoms with Gasteiger partial charge in [0.1, 0.15) is 23.7 Å². The van der Waals surface area contributed by atoms with E-state index in [0.29, 0.717) is 29.4 Å². The van der Waals surface area contributed by atoms with Crippen LogP contribution in [0.15, 0.2) is 116 Å². The Bertz CT molecular complexity index is 2480. The Labute approximate surface area is 360 Å². The van der Waals surface area contributed by atoms with Crippen molar-refractivity contribution in [1.29, 1.82) is 0 Å². The molecule has 4 atom stereocenters. The summed E-state index contributed by atoms with van der Waals surface area (Å²) in [5, 5.41) is 12.2. The highest BCUT2D eigenvalue weighted by Gasteiger charge is 2.40. The minimum absolute atomic E-state index is 0.0895. The number of hydrogen-bond donors (Lipinski definition) is 4. The Morgan fingerprint density at radius 3 is 1.67 bits per heavy atom. The molecule has 4 N–H and O–H groups in total. The molecule has 5 heterocycles. The lowest BCUT2D eigenvalue weighted by Crippen LogP contribution is -2.44. The zero-order valence-electron chi connectivity index (χ0n) is 33.8. The zero-order valence-corrected chi connectivity index (χ0v) is 34.6. The standard InChI is InChI=1S/C48H49ClN8O4/c49-37-14-6-5-13-36(37)42(54-48(60)61)46(58)56-27-9-15-40(56)44-50-29-38(52-44)33-21-17-31(18-22-33)32-19-23-34(24-20-32)39-30-51-45(53-39)41-16-10-28-57(41)47(59)43(35-11-3-1-4-12-35)55-25-7-2-8-26-55/h1,3-6,11-14,17-24,29-30,40-43,54H,2,7-10,15-16,25-28H2,(H,50,52)(H,51,53)(H,60,61)/t40-,41-,42+,43+/m0/s1. The quantitative estimate of drug-likeness (QED) is 0.102. The maximum absolute atomic E-state index is 14.4. The van der Waals surface area contributed by atoms with Crippen molar-refractivity contribution in [1.82, 2.24) is 40.0 Å².